The van der Waals surface area contributed by atoms with Crippen molar-refractivity contribution in [2.45, 2.75) is 39.7 Å². The maximum absolute atomic E-state index is 12.6. The Balaban J connectivity index is 1.81. The highest BCUT2D eigenvalue weighted by Crippen LogP contribution is 2.15. The number of amides is 1. The Kier molecular flexibility index (Phi) is 11.2. The number of benzene rings is 2. The lowest BCUT2D eigenvalue weighted by atomic mass is 10.1. The van der Waals surface area contributed by atoms with E-state index < -0.39 is 12.1 Å². The van der Waals surface area contributed by atoms with Gasteiger partial charge in [0.05, 0.1) is 13.2 Å². The van der Waals surface area contributed by atoms with Crippen LogP contribution in [-0.2, 0) is 27.1 Å². The minimum atomic E-state index is -0.974. The number of carboxylic acid groups (broad SMARTS) is 1. The third kappa shape index (κ3) is 9.95. The van der Waals surface area contributed by atoms with Crippen molar-refractivity contribution >= 4 is 12.1 Å². The topological polar surface area (TPSA) is 85.3 Å². The molecule has 0 saturated heterocycles. The largest absolute Gasteiger partial charge is 0.492 e. The lowest BCUT2D eigenvalue weighted by Gasteiger charge is -2.24. The van der Waals surface area contributed by atoms with Crippen LogP contribution in [0.3, 0.4) is 0 Å². The predicted molar refractivity (Wildman–Crippen MR) is 127 cm³/mol. The average Bonchev–Trinajstić information content (AvgIpc) is 2.79. The molecule has 33 heavy (non-hydrogen) atoms. The fourth-order valence-corrected chi connectivity index (χ4v) is 3.32. The van der Waals surface area contributed by atoms with E-state index in [1.54, 1.807) is 24.0 Å². The van der Waals surface area contributed by atoms with E-state index in [9.17, 15) is 14.7 Å². The van der Waals surface area contributed by atoms with E-state index in [1.165, 1.54) is 0 Å². The number of carbonyl (C=O) groups excluding carboxylic acids is 1. The van der Waals surface area contributed by atoms with Crippen molar-refractivity contribution in [2.24, 2.45) is 5.92 Å². The zero-order valence-corrected chi connectivity index (χ0v) is 19.7. The van der Waals surface area contributed by atoms with E-state index in [-0.39, 0.29) is 6.09 Å². The Morgan fingerprint density at radius 1 is 0.970 bits per heavy atom. The first-order valence-corrected chi connectivity index (χ1v) is 11.4. The Bertz CT molecular complexity index is 838. The molecular weight excluding hydrogens is 422 g/mol. The molecule has 0 saturated carbocycles. The standard InChI is InChI=1S/C26H35NO6/c1-4-31-24(25(28)29)18-22-10-12-23(13-11-22)32-17-15-27(19-20(2)3)26(30)33-16-14-21-8-6-5-7-9-21/h5-13,20,24H,4,14-19H2,1-3H3,(H,28,29). The lowest BCUT2D eigenvalue weighted by molar-refractivity contribution is -0.149. The first-order valence-electron chi connectivity index (χ1n) is 11.4. The highest BCUT2D eigenvalue weighted by molar-refractivity contribution is 5.72. The van der Waals surface area contributed by atoms with Crippen molar-refractivity contribution in [3.63, 3.8) is 0 Å². The summed E-state index contributed by atoms with van der Waals surface area (Å²) in [4.78, 5) is 25.5. The van der Waals surface area contributed by atoms with Gasteiger partial charge in [-0.25, -0.2) is 9.59 Å². The summed E-state index contributed by atoms with van der Waals surface area (Å²) in [5.41, 5.74) is 1.98. The zero-order chi connectivity index (χ0) is 24.1. The van der Waals surface area contributed by atoms with Crippen LogP contribution in [0.4, 0.5) is 4.79 Å². The second-order valence-electron chi connectivity index (χ2n) is 8.17. The molecule has 0 heterocycles. The van der Waals surface area contributed by atoms with Gasteiger partial charge in [-0.05, 0) is 36.1 Å². The van der Waals surface area contributed by atoms with Crippen LogP contribution in [-0.4, -0.2) is 61.1 Å². The molecule has 1 unspecified atom stereocenters. The molecule has 1 N–H and O–H groups in total. The zero-order valence-electron chi connectivity index (χ0n) is 19.7. The van der Waals surface area contributed by atoms with Gasteiger partial charge in [-0.2, -0.15) is 0 Å². The van der Waals surface area contributed by atoms with Gasteiger partial charge in [0.2, 0.25) is 0 Å². The average molecular weight is 458 g/mol. The van der Waals surface area contributed by atoms with Crippen molar-refractivity contribution in [2.75, 3.05) is 32.9 Å². The van der Waals surface area contributed by atoms with Gasteiger partial charge in [-0.3, -0.25) is 0 Å². The summed E-state index contributed by atoms with van der Waals surface area (Å²) in [6, 6.07) is 17.2. The fourth-order valence-electron chi connectivity index (χ4n) is 3.32. The number of carbonyl (C=O) groups is 2. The maximum Gasteiger partial charge on any atom is 0.409 e. The van der Waals surface area contributed by atoms with Crippen LogP contribution in [0.25, 0.3) is 0 Å². The van der Waals surface area contributed by atoms with Crippen LogP contribution in [0.1, 0.15) is 31.9 Å². The summed E-state index contributed by atoms with van der Waals surface area (Å²) in [5, 5.41) is 9.22. The Hall–Kier alpha value is -3.06. The van der Waals surface area contributed by atoms with Crippen molar-refractivity contribution in [1.82, 2.24) is 4.90 Å². The molecule has 2 rings (SSSR count). The van der Waals surface area contributed by atoms with Crippen LogP contribution in [0, 0.1) is 5.92 Å². The van der Waals surface area contributed by atoms with Crippen LogP contribution in [0.15, 0.2) is 54.6 Å². The van der Waals surface area contributed by atoms with Crippen LogP contribution in [0.5, 0.6) is 5.75 Å². The van der Waals surface area contributed by atoms with Gasteiger partial charge < -0.3 is 24.2 Å². The predicted octanol–water partition coefficient (Wildman–Crippen LogP) is 4.43. The summed E-state index contributed by atoms with van der Waals surface area (Å²) in [5.74, 6) is -0.0134. The number of hydrogen-bond acceptors (Lipinski definition) is 5. The van der Waals surface area contributed by atoms with Crippen molar-refractivity contribution in [1.29, 1.82) is 0 Å². The molecule has 0 aliphatic rings. The molecule has 1 atom stereocenters. The van der Waals surface area contributed by atoms with Crippen molar-refractivity contribution < 1.29 is 28.9 Å². The number of hydrogen-bond donors (Lipinski definition) is 1. The van der Waals surface area contributed by atoms with Crippen molar-refractivity contribution in [3.8, 4) is 5.75 Å². The van der Waals surface area contributed by atoms with E-state index in [0.717, 1.165) is 11.1 Å². The van der Waals surface area contributed by atoms with E-state index in [4.69, 9.17) is 14.2 Å². The second kappa shape index (κ2) is 14.2. The fraction of sp³-hybridized carbons (Fsp3) is 0.462. The minimum Gasteiger partial charge on any atom is -0.492 e. The first-order chi connectivity index (χ1) is 15.9. The Labute approximate surface area is 196 Å². The van der Waals surface area contributed by atoms with E-state index in [0.29, 0.717) is 57.4 Å². The summed E-state index contributed by atoms with van der Waals surface area (Å²) in [7, 11) is 0. The highest BCUT2D eigenvalue weighted by atomic mass is 16.6. The van der Waals surface area contributed by atoms with E-state index >= 15 is 0 Å². The summed E-state index contributed by atoms with van der Waals surface area (Å²) in [6.07, 6.45) is -0.231. The number of rotatable bonds is 14. The summed E-state index contributed by atoms with van der Waals surface area (Å²) in [6.45, 7) is 7.88. The van der Waals surface area contributed by atoms with Gasteiger partial charge in [0.1, 0.15) is 12.4 Å². The van der Waals surface area contributed by atoms with Crippen LogP contribution in [0.2, 0.25) is 0 Å². The van der Waals surface area contributed by atoms with Crippen LogP contribution >= 0.6 is 0 Å². The number of nitrogens with zero attached hydrogens (tertiary/aromatic N) is 1. The van der Waals surface area contributed by atoms with Gasteiger partial charge >= 0.3 is 12.1 Å². The van der Waals surface area contributed by atoms with E-state index in [2.05, 4.69) is 13.8 Å². The molecule has 2 aromatic carbocycles. The van der Waals surface area contributed by atoms with E-state index in [1.807, 2.05) is 42.5 Å². The monoisotopic (exact) mass is 457 g/mol. The van der Waals surface area contributed by atoms with Gasteiger partial charge in [-0.1, -0.05) is 56.3 Å². The van der Waals surface area contributed by atoms with Crippen molar-refractivity contribution in [3.05, 3.63) is 65.7 Å². The molecule has 7 nitrogen and oxygen atoms in total. The summed E-state index contributed by atoms with van der Waals surface area (Å²) < 4.78 is 16.5. The van der Waals surface area contributed by atoms with Gasteiger partial charge in [0, 0.05) is 26.0 Å². The third-order valence-electron chi connectivity index (χ3n) is 4.92. The second-order valence-corrected chi connectivity index (χ2v) is 8.17. The minimum absolute atomic E-state index is 0.292. The molecule has 0 aliphatic carbocycles. The highest BCUT2D eigenvalue weighted by Gasteiger charge is 2.18. The molecule has 1 amide bonds. The molecule has 0 radical (unpaired) electrons. The van der Waals surface area contributed by atoms with Gasteiger partial charge in [0.15, 0.2) is 6.10 Å². The Morgan fingerprint density at radius 2 is 1.67 bits per heavy atom. The Morgan fingerprint density at radius 3 is 2.27 bits per heavy atom. The number of carboxylic acids is 1. The molecule has 7 heteroatoms. The molecule has 0 spiro atoms. The molecule has 0 bridgehead atoms. The van der Waals surface area contributed by atoms with Gasteiger partial charge in [0.25, 0.3) is 0 Å². The normalized spacial score (nSPS) is 11.8. The van der Waals surface area contributed by atoms with Gasteiger partial charge in [-0.15, -0.1) is 0 Å². The number of ether oxygens (including phenoxy) is 3. The number of aliphatic carboxylic acids is 1. The molecular formula is C26H35NO6. The maximum atomic E-state index is 12.6. The molecule has 180 valence electrons. The van der Waals surface area contributed by atoms with Crippen LogP contribution < -0.4 is 4.74 Å². The molecule has 2 aromatic rings. The first kappa shape index (κ1) is 26.2. The summed E-state index contributed by atoms with van der Waals surface area (Å²) >= 11 is 0. The lowest BCUT2D eigenvalue weighted by Crippen LogP contribution is -2.38. The molecule has 0 aliphatic heterocycles. The molecule has 0 fully saturated rings. The third-order valence-corrected chi connectivity index (χ3v) is 4.92. The molecule has 0 aromatic heterocycles. The SMILES string of the molecule is CCOC(Cc1ccc(OCCN(CC(C)C)C(=O)OCCc2ccccc2)cc1)C(=O)O. The quantitative estimate of drug-likeness (QED) is 0.452. The smallest absolute Gasteiger partial charge is 0.409 e.